The molecule has 0 fully saturated rings. The Morgan fingerprint density at radius 3 is 2.71 bits per heavy atom. The lowest BCUT2D eigenvalue weighted by atomic mass is 10.1. The van der Waals surface area contributed by atoms with Gasteiger partial charge in [0.25, 0.3) is 0 Å². The first-order valence-electron chi connectivity index (χ1n) is 5.19. The van der Waals surface area contributed by atoms with Crippen LogP contribution in [0.15, 0.2) is 41.8 Å². The molecular formula is C14H11IOS. The van der Waals surface area contributed by atoms with Gasteiger partial charge in [0.05, 0.1) is 0 Å². The number of rotatable bonds is 3. The molecule has 0 bridgehead atoms. The molecule has 3 heteroatoms. The quantitative estimate of drug-likeness (QED) is 0.449. The highest BCUT2D eigenvalue weighted by atomic mass is 127. The number of halogens is 1. The van der Waals surface area contributed by atoms with Crippen molar-refractivity contribution in [2.24, 2.45) is 0 Å². The molecule has 0 aliphatic heterocycles. The minimum Gasteiger partial charge on any atom is -0.289 e. The van der Waals surface area contributed by atoms with E-state index in [2.05, 4.69) is 28.7 Å². The van der Waals surface area contributed by atoms with Crippen molar-refractivity contribution in [3.63, 3.8) is 0 Å². The molecule has 1 aromatic carbocycles. The van der Waals surface area contributed by atoms with Crippen LogP contribution in [-0.2, 0) is 0 Å². The number of carbonyl (C=O) groups excluding carboxylic acids is 1. The van der Waals surface area contributed by atoms with Gasteiger partial charge in [0.1, 0.15) is 0 Å². The van der Waals surface area contributed by atoms with Crippen LogP contribution in [0.5, 0.6) is 0 Å². The van der Waals surface area contributed by atoms with Gasteiger partial charge < -0.3 is 0 Å². The summed E-state index contributed by atoms with van der Waals surface area (Å²) in [5.74, 6) is 0.0581. The Labute approximate surface area is 118 Å². The van der Waals surface area contributed by atoms with Crippen LogP contribution in [-0.4, -0.2) is 5.78 Å². The normalized spacial score (nSPS) is 10.9. The van der Waals surface area contributed by atoms with Crippen molar-refractivity contribution in [3.8, 4) is 0 Å². The predicted molar refractivity (Wildman–Crippen MR) is 81.6 cm³/mol. The molecule has 0 aliphatic carbocycles. The van der Waals surface area contributed by atoms with E-state index in [1.807, 2.05) is 42.6 Å². The summed E-state index contributed by atoms with van der Waals surface area (Å²) >= 11 is 3.83. The molecule has 86 valence electrons. The molecule has 0 N–H and O–H groups in total. The molecule has 0 aliphatic rings. The topological polar surface area (TPSA) is 17.1 Å². The summed E-state index contributed by atoms with van der Waals surface area (Å²) in [5.41, 5.74) is 1.97. The van der Waals surface area contributed by atoms with Gasteiger partial charge >= 0.3 is 0 Å². The molecule has 17 heavy (non-hydrogen) atoms. The summed E-state index contributed by atoms with van der Waals surface area (Å²) in [5, 5.41) is 2.03. The van der Waals surface area contributed by atoms with Crippen LogP contribution < -0.4 is 0 Å². The van der Waals surface area contributed by atoms with Crippen LogP contribution in [0.1, 0.15) is 20.8 Å². The zero-order valence-electron chi connectivity index (χ0n) is 9.31. The lowest BCUT2D eigenvalue weighted by Gasteiger charge is -1.98. The van der Waals surface area contributed by atoms with Crippen LogP contribution in [0.3, 0.4) is 0 Å². The molecule has 1 nitrogen and oxygen atoms in total. The molecule has 2 aromatic rings. The zero-order chi connectivity index (χ0) is 12.3. The van der Waals surface area contributed by atoms with Crippen LogP contribution >= 0.6 is 33.9 Å². The maximum Gasteiger partial charge on any atom is 0.186 e. The molecule has 0 saturated heterocycles. The Bertz CT molecular complexity index is 569. The second kappa shape index (κ2) is 5.60. The number of hydrogen-bond acceptors (Lipinski definition) is 2. The Kier molecular flexibility index (Phi) is 4.12. The van der Waals surface area contributed by atoms with Gasteiger partial charge in [0.2, 0.25) is 0 Å². The maximum absolute atomic E-state index is 12.0. The Hall–Kier alpha value is -0.940. The first-order chi connectivity index (χ1) is 8.18. The highest BCUT2D eigenvalue weighted by Crippen LogP contribution is 2.18. The molecule has 2 rings (SSSR count). The first kappa shape index (κ1) is 12.5. The number of carbonyl (C=O) groups is 1. The van der Waals surface area contributed by atoms with Crippen molar-refractivity contribution in [1.82, 2.24) is 0 Å². The summed E-state index contributed by atoms with van der Waals surface area (Å²) in [6, 6.07) is 9.68. The van der Waals surface area contributed by atoms with Gasteiger partial charge in [0, 0.05) is 14.0 Å². The van der Waals surface area contributed by atoms with Crippen molar-refractivity contribution in [3.05, 3.63) is 61.4 Å². The van der Waals surface area contributed by atoms with E-state index in [0.717, 1.165) is 14.0 Å². The molecule has 1 aromatic heterocycles. The highest BCUT2D eigenvalue weighted by Gasteiger charge is 2.05. The first-order valence-corrected chi connectivity index (χ1v) is 7.15. The van der Waals surface area contributed by atoms with Crippen molar-refractivity contribution in [2.45, 2.75) is 6.92 Å². The minimum atomic E-state index is 0.0581. The smallest absolute Gasteiger partial charge is 0.186 e. The van der Waals surface area contributed by atoms with E-state index in [9.17, 15) is 4.79 Å². The number of hydrogen-bond donors (Lipinski definition) is 0. The monoisotopic (exact) mass is 354 g/mol. The van der Waals surface area contributed by atoms with E-state index in [-0.39, 0.29) is 5.78 Å². The lowest BCUT2D eigenvalue weighted by Crippen LogP contribution is -1.96. The summed E-state index contributed by atoms with van der Waals surface area (Å²) in [6.45, 7) is 2.05. The van der Waals surface area contributed by atoms with Gasteiger partial charge in [-0.15, -0.1) is 11.3 Å². The minimum absolute atomic E-state index is 0.0581. The van der Waals surface area contributed by atoms with Crippen LogP contribution in [0, 0.1) is 10.5 Å². The third-order valence-electron chi connectivity index (χ3n) is 2.43. The third-order valence-corrected chi connectivity index (χ3v) is 4.35. The molecule has 1 heterocycles. The molecule has 0 saturated carbocycles. The predicted octanol–water partition coefficient (Wildman–Crippen LogP) is 4.56. The van der Waals surface area contributed by atoms with E-state index in [1.165, 1.54) is 5.56 Å². The maximum atomic E-state index is 12.0. The highest BCUT2D eigenvalue weighted by molar-refractivity contribution is 14.1. The Balaban J connectivity index is 2.21. The largest absolute Gasteiger partial charge is 0.289 e. The van der Waals surface area contributed by atoms with Crippen molar-refractivity contribution in [2.75, 3.05) is 0 Å². The molecule has 0 spiro atoms. The van der Waals surface area contributed by atoms with E-state index >= 15 is 0 Å². The van der Waals surface area contributed by atoms with E-state index < -0.39 is 0 Å². The fourth-order valence-corrected chi connectivity index (χ4v) is 2.93. The summed E-state index contributed by atoms with van der Waals surface area (Å²) < 4.78 is 0.989. The fraction of sp³-hybridized carbons (Fsp3) is 0.0714. The van der Waals surface area contributed by atoms with Gasteiger partial charge in [-0.1, -0.05) is 12.1 Å². The number of aryl methyl sites for hydroxylation is 1. The van der Waals surface area contributed by atoms with Gasteiger partial charge in [-0.2, -0.15) is 0 Å². The molecule has 0 radical (unpaired) electrons. The number of benzene rings is 1. The van der Waals surface area contributed by atoms with Crippen molar-refractivity contribution in [1.29, 1.82) is 0 Å². The van der Waals surface area contributed by atoms with Gasteiger partial charge in [-0.3, -0.25) is 4.79 Å². The number of thiophene rings is 1. The van der Waals surface area contributed by atoms with Crippen molar-refractivity contribution < 1.29 is 4.79 Å². The van der Waals surface area contributed by atoms with E-state index in [0.29, 0.717) is 0 Å². The van der Waals surface area contributed by atoms with Crippen LogP contribution in [0.25, 0.3) is 6.08 Å². The molecule has 0 amide bonds. The summed E-state index contributed by atoms with van der Waals surface area (Å²) in [4.78, 5) is 13.1. The molecule has 0 unspecified atom stereocenters. The van der Waals surface area contributed by atoms with Crippen molar-refractivity contribution >= 4 is 45.8 Å². The molecule has 0 atom stereocenters. The zero-order valence-corrected chi connectivity index (χ0v) is 12.3. The number of allylic oxidation sites excluding steroid dienone is 1. The lowest BCUT2D eigenvalue weighted by molar-refractivity contribution is 0.104. The van der Waals surface area contributed by atoms with Gasteiger partial charge in [-0.25, -0.2) is 0 Å². The van der Waals surface area contributed by atoms with Gasteiger partial charge in [0.15, 0.2) is 5.78 Å². The average molecular weight is 354 g/mol. The summed E-state index contributed by atoms with van der Waals surface area (Å²) in [7, 11) is 0. The average Bonchev–Trinajstić information content (AvgIpc) is 2.72. The van der Waals surface area contributed by atoms with Crippen LogP contribution in [0.4, 0.5) is 0 Å². The van der Waals surface area contributed by atoms with Gasteiger partial charge in [-0.05, 0) is 70.8 Å². The SMILES string of the molecule is Cc1ccsc1/C=C/C(=O)c1ccccc1I. The second-order valence-corrected chi connectivity index (χ2v) is 5.76. The van der Waals surface area contributed by atoms with Crippen LogP contribution in [0.2, 0.25) is 0 Å². The standard InChI is InChI=1S/C14H11IOS/c1-10-8-9-17-14(10)7-6-13(16)11-4-2-3-5-12(11)15/h2-9H,1H3/b7-6+. The fourth-order valence-electron chi connectivity index (χ4n) is 1.46. The molecular weight excluding hydrogens is 343 g/mol. The van der Waals surface area contributed by atoms with E-state index in [1.54, 1.807) is 17.4 Å². The second-order valence-electron chi connectivity index (χ2n) is 3.65. The Morgan fingerprint density at radius 1 is 1.29 bits per heavy atom. The summed E-state index contributed by atoms with van der Waals surface area (Å²) in [6.07, 6.45) is 3.54. The van der Waals surface area contributed by atoms with E-state index in [4.69, 9.17) is 0 Å². The number of ketones is 1. The Morgan fingerprint density at radius 2 is 2.06 bits per heavy atom. The third kappa shape index (κ3) is 3.04.